The number of carbonyl (C=O) groups excluding carboxylic acids is 1. The van der Waals surface area contributed by atoms with E-state index in [1.165, 1.54) is 19.1 Å². The number of hydrogen-bond acceptors (Lipinski definition) is 4. The molecule has 20 heavy (non-hydrogen) atoms. The van der Waals surface area contributed by atoms with E-state index in [1.54, 1.807) is 13.0 Å². The van der Waals surface area contributed by atoms with Crippen LogP contribution in [0.5, 0.6) is 0 Å². The maximum atomic E-state index is 12.0. The van der Waals surface area contributed by atoms with Crippen molar-refractivity contribution in [2.24, 2.45) is 5.73 Å². The first kappa shape index (κ1) is 16.2. The van der Waals surface area contributed by atoms with Crippen molar-refractivity contribution in [1.29, 1.82) is 0 Å². The van der Waals surface area contributed by atoms with Gasteiger partial charge >= 0.3 is 0 Å². The lowest BCUT2D eigenvalue weighted by Crippen LogP contribution is -2.42. The second-order valence-corrected chi connectivity index (χ2v) is 5.90. The smallest absolute Gasteiger partial charge is 0.241 e. The molecule has 4 N–H and O–H groups in total. The molecule has 1 aromatic carbocycles. The van der Waals surface area contributed by atoms with Crippen LogP contribution in [0.25, 0.3) is 0 Å². The number of carbonyl (C=O) groups is 1. The first-order valence-electron chi connectivity index (χ1n) is 5.80. The van der Waals surface area contributed by atoms with Crippen molar-refractivity contribution in [2.75, 3.05) is 6.61 Å². The normalized spacial score (nSPS) is 12.3. The first-order chi connectivity index (χ1) is 9.27. The second-order valence-electron chi connectivity index (χ2n) is 4.18. The number of aliphatic hydroxyl groups is 1. The maximum absolute atomic E-state index is 12.0. The highest BCUT2D eigenvalue weighted by atomic mass is 32.2. The van der Waals surface area contributed by atoms with Crippen LogP contribution in [0.4, 0.5) is 0 Å². The summed E-state index contributed by atoms with van der Waals surface area (Å²) in [6.07, 6.45) is 0. The molecule has 0 radical (unpaired) electrons. The van der Waals surface area contributed by atoms with Crippen LogP contribution < -0.4 is 10.5 Å². The van der Waals surface area contributed by atoms with Crippen LogP contribution in [0.1, 0.15) is 18.1 Å². The van der Waals surface area contributed by atoms with Crippen molar-refractivity contribution in [1.82, 2.24) is 4.72 Å². The lowest BCUT2D eigenvalue weighted by molar-refractivity contribution is -0.119. The van der Waals surface area contributed by atoms with Crippen molar-refractivity contribution < 1.29 is 18.3 Å². The highest BCUT2D eigenvalue weighted by molar-refractivity contribution is 7.89. The molecule has 0 aromatic heterocycles. The fourth-order valence-corrected chi connectivity index (χ4v) is 2.73. The second kappa shape index (κ2) is 6.52. The minimum atomic E-state index is -3.81. The van der Waals surface area contributed by atoms with Gasteiger partial charge in [-0.05, 0) is 37.6 Å². The van der Waals surface area contributed by atoms with Gasteiger partial charge in [0, 0.05) is 5.56 Å². The van der Waals surface area contributed by atoms with E-state index in [0.29, 0.717) is 11.1 Å². The molecule has 1 rings (SSSR count). The minimum absolute atomic E-state index is 0.0256. The number of sulfonamides is 1. The predicted octanol–water partition coefficient (Wildman–Crippen LogP) is -0.509. The number of primary amides is 1. The molecule has 0 aliphatic heterocycles. The Bertz CT molecular complexity index is 671. The van der Waals surface area contributed by atoms with E-state index in [9.17, 15) is 13.2 Å². The molecule has 1 atom stereocenters. The number of nitrogens with two attached hydrogens (primary N) is 1. The molecule has 0 fully saturated rings. The third-order valence-electron chi connectivity index (χ3n) is 2.57. The maximum Gasteiger partial charge on any atom is 0.241 e. The van der Waals surface area contributed by atoms with Crippen molar-refractivity contribution in [3.8, 4) is 11.8 Å². The van der Waals surface area contributed by atoms with Crippen LogP contribution in [0.2, 0.25) is 0 Å². The quantitative estimate of drug-likeness (QED) is 0.650. The molecule has 108 valence electrons. The Hall–Kier alpha value is -1.88. The zero-order valence-corrected chi connectivity index (χ0v) is 12.0. The summed E-state index contributed by atoms with van der Waals surface area (Å²) < 4.78 is 26.2. The SMILES string of the molecule is Cc1cc(S(=O)(=O)NC(C)C(N)=O)ccc1C#CCO. The van der Waals surface area contributed by atoms with Crippen molar-refractivity contribution in [2.45, 2.75) is 24.8 Å². The number of rotatable bonds is 4. The number of benzene rings is 1. The summed E-state index contributed by atoms with van der Waals surface area (Å²) in [5.74, 6) is 4.45. The zero-order chi connectivity index (χ0) is 15.3. The van der Waals surface area contributed by atoms with Gasteiger partial charge in [0.15, 0.2) is 0 Å². The van der Waals surface area contributed by atoms with Gasteiger partial charge in [-0.2, -0.15) is 4.72 Å². The Morgan fingerprint density at radius 1 is 1.50 bits per heavy atom. The molecular formula is C13H16N2O4S. The summed E-state index contributed by atoms with van der Waals surface area (Å²) >= 11 is 0. The Labute approximate surface area is 118 Å². The molecule has 6 nitrogen and oxygen atoms in total. The van der Waals surface area contributed by atoms with Crippen LogP contribution in [-0.2, 0) is 14.8 Å². The highest BCUT2D eigenvalue weighted by Gasteiger charge is 2.20. The Balaban J connectivity index is 3.09. The number of aryl methyl sites for hydroxylation is 1. The number of aliphatic hydroxyl groups excluding tert-OH is 1. The average molecular weight is 296 g/mol. The van der Waals surface area contributed by atoms with Gasteiger partial charge in [0.25, 0.3) is 0 Å². The van der Waals surface area contributed by atoms with E-state index in [-0.39, 0.29) is 11.5 Å². The van der Waals surface area contributed by atoms with Gasteiger partial charge < -0.3 is 10.8 Å². The lowest BCUT2D eigenvalue weighted by Gasteiger charge is -2.11. The summed E-state index contributed by atoms with van der Waals surface area (Å²) in [6, 6.07) is 3.37. The van der Waals surface area contributed by atoms with Gasteiger partial charge in [-0.15, -0.1) is 0 Å². The zero-order valence-electron chi connectivity index (χ0n) is 11.2. The van der Waals surface area contributed by atoms with E-state index in [2.05, 4.69) is 16.6 Å². The van der Waals surface area contributed by atoms with E-state index in [4.69, 9.17) is 10.8 Å². The molecular weight excluding hydrogens is 280 g/mol. The molecule has 0 heterocycles. The molecule has 0 bridgehead atoms. The summed E-state index contributed by atoms with van der Waals surface area (Å²) in [6.45, 7) is 2.81. The molecule has 0 saturated carbocycles. The Morgan fingerprint density at radius 2 is 2.15 bits per heavy atom. The summed E-state index contributed by atoms with van der Waals surface area (Å²) in [5, 5.41) is 8.63. The van der Waals surface area contributed by atoms with E-state index >= 15 is 0 Å². The van der Waals surface area contributed by atoms with Crippen LogP contribution in [-0.4, -0.2) is 32.1 Å². The molecule has 0 saturated heterocycles. The van der Waals surface area contributed by atoms with Crippen LogP contribution >= 0.6 is 0 Å². The van der Waals surface area contributed by atoms with Gasteiger partial charge in [-0.3, -0.25) is 4.79 Å². The molecule has 1 aromatic rings. The Kier molecular flexibility index (Phi) is 5.27. The lowest BCUT2D eigenvalue weighted by atomic mass is 10.1. The fourth-order valence-electron chi connectivity index (χ4n) is 1.44. The van der Waals surface area contributed by atoms with E-state index in [0.717, 1.165) is 0 Å². The van der Waals surface area contributed by atoms with Gasteiger partial charge in [0.1, 0.15) is 6.61 Å². The van der Waals surface area contributed by atoms with Gasteiger partial charge in [-0.25, -0.2) is 8.42 Å². The van der Waals surface area contributed by atoms with Crippen molar-refractivity contribution in [3.05, 3.63) is 29.3 Å². The van der Waals surface area contributed by atoms with Gasteiger partial charge in [0.2, 0.25) is 15.9 Å². The van der Waals surface area contributed by atoms with Gasteiger partial charge in [0.05, 0.1) is 10.9 Å². The van der Waals surface area contributed by atoms with Crippen molar-refractivity contribution >= 4 is 15.9 Å². The van der Waals surface area contributed by atoms with E-state index in [1.807, 2.05) is 0 Å². The minimum Gasteiger partial charge on any atom is -0.384 e. The topological polar surface area (TPSA) is 109 Å². The summed E-state index contributed by atoms with van der Waals surface area (Å²) in [7, 11) is -3.81. The molecule has 0 aliphatic carbocycles. The Morgan fingerprint density at radius 3 is 2.65 bits per heavy atom. The number of amides is 1. The molecule has 7 heteroatoms. The average Bonchev–Trinajstić information content (AvgIpc) is 2.36. The number of nitrogens with one attached hydrogen (secondary N) is 1. The van der Waals surface area contributed by atoms with Crippen LogP contribution in [0.3, 0.4) is 0 Å². The third-order valence-corrected chi connectivity index (χ3v) is 4.11. The standard InChI is InChI=1S/C13H16N2O4S/c1-9-8-12(6-5-11(9)4-3-7-16)20(18,19)15-10(2)13(14)17/h5-6,8,10,15-16H,7H2,1-2H3,(H2,14,17). The first-order valence-corrected chi connectivity index (χ1v) is 7.28. The van der Waals surface area contributed by atoms with Crippen LogP contribution in [0, 0.1) is 18.8 Å². The molecule has 1 unspecified atom stereocenters. The summed E-state index contributed by atoms with van der Waals surface area (Å²) in [5.41, 5.74) is 6.30. The number of hydrogen-bond donors (Lipinski definition) is 3. The summed E-state index contributed by atoms with van der Waals surface area (Å²) in [4.78, 5) is 10.9. The largest absolute Gasteiger partial charge is 0.384 e. The molecule has 0 spiro atoms. The predicted molar refractivity (Wildman–Crippen MR) is 74.1 cm³/mol. The highest BCUT2D eigenvalue weighted by Crippen LogP contribution is 2.15. The van der Waals surface area contributed by atoms with E-state index < -0.39 is 22.0 Å². The van der Waals surface area contributed by atoms with Crippen LogP contribution in [0.15, 0.2) is 23.1 Å². The molecule has 0 aliphatic rings. The van der Waals surface area contributed by atoms with Gasteiger partial charge in [-0.1, -0.05) is 11.8 Å². The van der Waals surface area contributed by atoms with Crippen molar-refractivity contribution in [3.63, 3.8) is 0 Å². The third kappa shape index (κ3) is 4.06. The fraction of sp³-hybridized carbons (Fsp3) is 0.308. The monoisotopic (exact) mass is 296 g/mol. The molecule has 1 amide bonds.